The van der Waals surface area contributed by atoms with Gasteiger partial charge in [-0.2, -0.15) is 5.10 Å². The standard InChI is InChI=1S/C16H21BrClN3/c1-5-8-19-10(2)14-7-6-13(17)9-15(14)21-12(4)16(18)11(3)20-21/h6-7,9-10,19H,5,8H2,1-4H3. The molecule has 0 aliphatic heterocycles. The number of aromatic nitrogens is 2. The van der Waals surface area contributed by atoms with E-state index in [-0.39, 0.29) is 6.04 Å². The summed E-state index contributed by atoms with van der Waals surface area (Å²) in [7, 11) is 0. The van der Waals surface area contributed by atoms with Crippen LogP contribution in [-0.4, -0.2) is 16.3 Å². The molecule has 2 rings (SSSR count). The van der Waals surface area contributed by atoms with Crippen molar-refractivity contribution in [2.75, 3.05) is 6.54 Å². The number of aryl methyl sites for hydroxylation is 1. The molecule has 0 spiro atoms. The molecule has 1 aromatic heterocycles. The van der Waals surface area contributed by atoms with Crippen molar-refractivity contribution in [3.8, 4) is 5.69 Å². The first-order valence-corrected chi connectivity index (χ1v) is 8.37. The first-order chi connectivity index (χ1) is 9.95. The molecule has 0 bridgehead atoms. The van der Waals surface area contributed by atoms with Crippen LogP contribution in [0.2, 0.25) is 5.02 Å². The van der Waals surface area contributed by atoms with Gasteiger partial charge in [-0.15, -0.1) is 0 Å². The Morgan fingerprint density at radius 2 is 2.10 bits per heavy atom. The lowest BCUT2D eigenvalue weighted by molar-refractivity contribution is 0.566. The number of halogens is 2. The zero-order valence-corrected chi connectivity index (χ0v) is 15.2. The quantitative estimate of drug-likeness (QED) is 0.805. The summed E-state index contributed by atoms with van der Waals surface area (Å²) in [6.45, 7) is 9.27. The molecule has 1 N–H and O–H groups in total. The van der Waals surface area contributed by atoms with Crippen LogP contribution in [-0.2, 0) is 0 Å². The van der Waals surface area contributed by atoms with Gasteiger partial charge in [0.15, 0.2) is 0 Å². The molecule has 1 atom stereocenters. The molecular weight excluding hydrogens is 350 g/mol. The highest BCUT2D eigenvalue weighted by molar-refractivity contribution is 9.10. The topological polar surface area (TPSA) is 29.9 Å². The molecular formula is C16H21BrClN3. The Bertz CT molecular complexity index is 637. The summed E-state index contributed by atoms with van der Waals surface area (Å²) in [6.07, 6.45) is 1.11. The molecule has 0 fully saturated rings. The third-order valence-corrected chi connectivity index (χ3v) is 4.63. The van der Waals surface area contributed by atoms with Crippen LogP contribution in [0.15, 0.2) is 22.7 Å². The van der Waals surface area contributed by atoms with E-state index in [2.05, 4.69) is 58.4 Å². The molecule has 21 heavy (non-hydrogen) atoms. The molecule has 0 saturated carbocycles. The van der Waals surface area contributed by atoms with Crippen molar-refractivity contribution in [1.29, 1.82) is 0 Å². The highest BCUT2D eigenvalue weighted by Gasteiger charge is 2.17. The first kappa shape index (κ1) is 16.5. The zero-order chi connectivity index (χ0) is 15.6. The van der Waals surface area contributed by atoms with Crippen LogP contribution in [0, 0.1) is 13.8 Å². The highest BCUT2D eigenvalue weighted by atomic mass is 79.9. The van der Waals surface area contributed by atoms with Crippen LogP contribution < -0.4 is 5.32 Å². The Morgan fingerprint density at radius 1 is 1.38 bits per heavy atom. The summed E-state index contributed by atoms with van der Waals surface area (Å²) in [4.78, 5) is 0. The van der Waals surface area contributed by atoms with Crippen LogP contribution in [0.25, 0.3) is 5.69 Å². The fourth-order valence-corrected chi connectivity index (χ4v) is 2.86. The van der Waals surface area contributed by atoms with Crippen molar-refractivity contribution < 1.29 is 0 Å². The molecule has 2 aromatic rings. The molecule has 3 nitrogen and oxygen atoms in total. The van der Waals surface area contributed by atoms with E-state index in [1.165, 1.54) is 5.56 Å². The number of rotatable bonds is 5. The van der Waals surface area contributed by atoms with Gasteiger partial charge in [0.1, 0.15) is 0 Å². The lowest BCUT2D eigenvalue weighted by atomic mass is 10.1. The summed E-state index contributed by atoms with van der Waals surface area (Å²) < 4.78 is 2.97. The first-order valence-electron chi connectivity index (χ1n) is 7.20. The van der Waals surface area contributed by atoms with E-state index in [4.69, 9.17) is 11.6 Å². The Morgan fingerprint density at radius 3 is 2.67 bits per heavy atom. The van der Waals surface area contributed by atoms with Gasteiger partial charge in [-0.1, -0.05) is 40.5 Å². The van der Waals surface area contributed by atoms with Crippen molar-refractivity contribution in [2.45, 2.75) is 40.2 Å². The molecule has 1 unspecified atom stereocenters. The molecule has 1 aromatic carbocycles. The van der Waals surface area contributed by atoms with Gasteiger partial charge in [0, 0.05) is 10.5 Å². The molecule has 0 aliphatic rings. The van der Waals surface area contributed by atoms with E-state index < -0.39 is 0 Å². The average molecular weight is 371 g/mol. The van der Waals surface area contributed by atoms with E-state index in [0.29, 0.717) is 0 Å². The molecule has 0 aliphatic carbocycles. The number of nitrogens with zero attached hydrogens (tertiary/aromatic N) is 2. The highest BCUT2D eigenvalue weighted by Crippen LogP contribution is 2.29. The Hall–Kier alpha value is -0.840. The lowest BCUT2D eigenvalue weighted by Crippen LogP contribution is -2.21. The smallest absolute Gasteiger partial charge is 0.0848 e. The number of hydrogen-bond donors (Lipinski definition) is 1. The van der Waals surface area contributed by atoms with Crippen molar-refractivity contribution in [1.82, 2.24) is 15.1 Å². The molecule has 0 radical (unpaired) electrons. The third kappa shape index (κ3) is 3.50. The maximum Gasteiger partial charge on any atom is 0.0848 e. The molecule has 0 amide bonds. The maximum absolute atomic E-state index is 6.29. The maximum atomic E-state index is 6.29. The predicted octanol–water partition coefficient (Wildman–Crippen LogP) is 4.97. The van der Waals surface area contributed by atoms with E-state index >= 15 is 0 Å². The Kier molecular flexibility index (Phi) is 5.47. The fraction of sp³-hybridized carbons (Fsp3) is 0.438. The van der Waals surface area contributed by atoms with Gasteiger partial charge in [0.05, 0.1) is 22.1 Å². The number of nitrogens with one attached hydrogen (secondary N) is 1. The summed E-state index contributed by atoms with van der Waals surface area (Å²) >= 11 is 9.84. The minimum Gasteiger partial charge on any atom is -0.310 e. The van der Waals surface area contributed by atoms with E-state index in [1.807, 2.05) is 18.5 Å². The largest absolute Gasteiger partial charge is 0.310 e. The Labute approximate surface area is 139 Å². The zero-order valence-electron chi connectivity index (χ0n) is 12.9. The second kappa shape index (κ2) is 6.95. The van der Waals surface area contributed by atoms with Gasteiger partial charge in [-0.05, 0) is 51.4 Å². The van der Waals surface area contributed by atoms with Gasteiger partial charge in [-0.3, -0.25) is 0 Å². The summed E-state index contributed by atoms with van der Waals surface area (Å²) in [5.41, 5.74) is 4.10. The van der Waals surface area contributed by atoms with Crippen LogP contribution in [0.5, 0.6) is 0 Å². The SMILES string of the molecule is CCCNC(C)c1ccc(Br)cc1-n1nc(C)c(Cl)c1C. The minimum absolute atomic E-state index is 0.260. The second-order valence-electron chi connectivity index (χ2n) is 5.28. The van der Waals surface area contributed by atoms with E-state index in [1.54, 1.807) is 0 Å². The van der Waals surface area contributed by atoms with Crippen molar-refractivity contribution >= 4 is 27.5 Å². The fourth-order valence-electron chi connectivity index (χ4n) is 2.40. The van der Waals surface area contributed by atoms with Gasteiger partial charge in [-0.25, -0.2) is 4.68 Å². The van der Waals surface area contributed by atoms with Crippen molar-refractivity contribution in [2.24, 2.45) is 0 Å². The number of benzene rings is 1. The van der Waals surface area contributed by atoms with E-state index in [0.717, 1.165) is 39.5 Å². The molecule has 114 valence electrons. The van der Waals surface area contributed by atoms with Crippen LogP contribution in [0.3, 0.4) is 0 Å². The Balaban J connectivity index is 2.51. The summed E-state index contributed by atoms with van der Waals surface area (Å²) in [5, 5.41) is 8.84. The third-order valence-electron chi connectivity index (χ3n) is 3.59. The van der Waals surface area contributed by atoms with Crippen LogP contribution in [0.1, 0.15) is 43.3 Å². The van der Waals surface area contributed by atoms with Crippen LogP contribution in [0.4, 0.5) is 0 Å². The molecule has 0 saturated heterocycles. The summed E-state index contributed by atoms with van der Waals surface area (Å²) in [6, 6.07) is 6.55. The van der Waals surface area contributed by atoms with Crippen molar-refractivity contribution in [3.05, 3.63) is 44.6 Å². The molecule has 1 heterocycles. The second-order valence-corrected chi connectivity index (χ2v) is 6.57. The minimum atomic E-state index is 0.260. The van der Waals surface area contributed by atoms with Crippen molar-refractivity contribution in [3.63, 3.8) is 0 Å². The van der Waals surface area contributed by atoms with Gasteiger partial charge in [0.2, 0.25) is 0 Å². The monoisotopic (exact) mass is 369 g/mol. The summed E-state index contributed by atoms with van der Waals surface area (Å²) in [5.74, 6) is 0. The van der Waals surface area contributed by atoms with Gasteiger partial charge in [0.25, 0.3) is 0 Å². The number of hydrogen-bond acceptors (Lipinski definition) is 2. The van der Waals surface area contributed by atoms with Gasteiger partial charge >= 0.3 is 0 Å². The normalized spacial score (nSPS) is 12.7. The molecule has 5 heteroatoms. The van der Waals surface area contributed by atoms with E-state index in [9.17, 15) is 0 Å². The average Bonchev–Trinajstić information content (AvgIpc) is 2.72. The predicted molar refractivity (Wildman–Crippen MR) is 92.5 cm³/mol. The van der Waals surface area contributed by atoms with Crippen LogP contribution >= 0.6 is 27.5 Å². The van der Waals surface area contributed by atoms with Gasteiger partial charge < -0.3 is 5.32 Å². The lowest BCUT2D eigenvalue weighted by Gasteiger charge is -2.19.